The van der Waals surface area contributed by atoms with Crippen molar-refractivity contribution >= 4 is 17.3 Å². The number of nitrogen functional groups attached to an aromatic ring is 1. The Labute approximate surface area is 101 Å². The Hall–Kier alpha value is -1.55. The van der Waals surface area contributed by atoms with Crippen LogP contribution in [0.3, 0.4) is 0 Å². The van der Waals surface area contributed by atoms with Crippen molar-refractivity contribution in [1.82, 2.24) is 0 Å². The van der Waals surface area contributed by atoms with Gasteiger partial charge in [-0.3, -0.25) is 9.63 Å². The summed E-state index contributed by atoms with van der Waals surface area (Å²) in [5.74, 6) is 0.484. The first-order valence-electron chi connectivity index (χ1n) is 5.88. The zero-order valence-corrected chi connectivity index (χ0v) is 10.3. The lowest BCUT2D eigenvalue weighted by atomic mass is 10.1. The van der Waals surface area contributed by atoms with E-state index in [1.165, 1.54) is 24.8 Å². The highest BCUT2D eigenvalue weighted by atomic mass is 16.7. The minimum absolute atomic E-state index is 0.126. The van der Waals surface area contributed by atoms with Gasteiger partial charge in [-0.2, -0.15) is 5.06 Å². The molecule has 1 saturated carbocycles. The van der Waals surface area contributed by atoms with E-state index in [0.29, 0.717) is 18.2 Å². The van der Waals surface area contributed by atoms with E-state index in [1.54, 1.807) is 0 Å². The molecule has 2 N–H and O–H groups in total. The normalized spacial score (nSPS) is 14.7. The number of rotatable bonds is 4. The van der Waals surface area contributed by atoms with Gasteiger partial charge in [-0.25, -0.2) is 0 Å². The predicted molar refractivity (Wildman–Crippen MR) is 67.4 cm³/mol. The van der Waals surface area contributed by atoms with Gasteiger partial charge in [-0.05, 0) is 43.4 Å². The molecular weight excluding hydrogens is 216 g/mol. The Morgan fingerprint density at radius 1 is 1.53 bits per heavy atom. The van der Waals surface area contributed by atoms with Crippen molar-refractivity contribution in [2.75, 3.05) is 17.4 Å². The summed E-state index contributed by atoms with van der Waals surface area (Å²) in [6.07, 6.45) is 2.39. The van der Waals surface area contributed by atoms with Crippen molar-refractivity contribution in [1.29, 1.82) is 0 Å². The van der Waals surface area contributed by atoms with Crippen LogP contribution in [0.5, 0.6) is 0 Å². The van der Waals surface area contributed by atoms with Crippen LogP contribution in [-0.2, 0) is 9.63 Å². The van der Waals surface area contributed by atoms with Crippen molar-refractivity contribution in [3.8, 4) is 0 Å². The van der Waals surface area contributed by atoms with Gasteiger partial charge in [0.15, 0.2) is 0 Å². The van der Waals surface area contributed by atoms with E-state index in [4.69, 9.17) is 10.6 Å². The number of hydrogen-bond donors (Lipinski definition) is 1. The number of anilines is 2. The number of hydrogen-bond acceptors (Lipinski definition) is 3. The Morgan fingerprint density at radius 3 is 2.82 bits per heavy atom. The molecule has 0 bridgehead atoms. The van der Waals surface area contributed by atoms with E-state index in [2.05, 4.69) is 0 Å². The fourth-order valence-corrected chi connectivity index (χ4v) is 1.66. The molecule has 1 aromatic rings. The molecule has 0 heterocycles. The molecule has 1 aliphatic carbocycles. The molecule has 1 aliphatic rings. The first-order valence-corrected chi connectivity index (χ1v) is 5.88. The van der Waals surface area contributed by atoms with Gasteiger partial charge in [-0.1, -0.05) is 6.07 Å². The van der Waals surface area contributed by atoms with Crippen molar-refractivity contribution in [2.24, 2.45) is 5.92 Å². The van der Waals surface area contributed by atoms with Crippen molar-refractivity contribution < 1.29 is 9.63 Å². The molecule has 0 unspecified atom stereocenters. The molecule has 0 spiro atoms. The van der Waals surface area contributed by atoms with Crippen molar-refractivity contribution in [2.45, 2.75) is 26.7 Å². The maximum Gasteiger partial charge on any atom is 0.247 e. The summed E-state index contributed by atoms with van der Waals surface area (Å²) in [4.78, 5) is 17.2. The average Bonchev–Trinajstić information content (AvgIpc) is 3.07. The molecule has 4 heteroatoms. The zero-order chi connectivity index (χ0) is 12.4. The van der Waals surface area contributed by atoms with E-state index in [1.807, 2.05) is 25.1 Å². The fourth-order valence-electron chi connectivity index (χ4n) is 1.66. The molecule has 1 amide bonds. The minimum Gasteiger partial charge on any atom is -0.398 e. The topological polar surface area (TPSA) is 55.6 Å². The van der Waals surface area contributed by atoms with Crippen LogP contribution in [0.25, 0.3) is 0 Å². The van der Waals surface area contributed by atoms with Crippen molar-refractivity contribution in [3.63, 3.8) is 0 Å². The third-order valence-electron chi connectivity index (χ3n) is 2.99. The van der Waals surface area contributed by atoms with Gasteiger partial charge in [0.1, 0.15) is 0 Å². The standard InChI is InChI=1S/C13H18N2O2/c1-9-12(14)4-3-5-13(9)15(10(2)16)17-8-11-6-7-11/h3-5,11H,6-8,14H2,1-2H3. The maximum atomic E-state index is 11.6. The molecule has 92 valence electrons. The summed E-state index contributed by atoms with van der Waals surface area (Å²) >= 11 is 0. The molecule has 0 saturated heterocycles. The molecule has 1 aromatic carbocycles. The van der Waals surface area contributed by atoms with Crippen LogP contribution in [0.4, 0.5) is 11.4 Å². The van der Waals surface area contributed by atoms with Crippen LogP contribution in [0.15, 0.2) is 18.2 Å². The first-order chi connectivity index (χ1) is 8.09. The number of benzene rings is 1. The summed E-state index contributed by atoms with van der Waals surface area (Å²) in [7, 11) is 0. The molecule has 1 fully saturated rings. The summed E-state index contributed by atoms with van der Waals surface area (Å²) in [5.41, 5.74) is 8.11. The van der Waals surface area contributed by atoms with Crippen LogP contribution in [0.2, 0.25) is 0 Å². The summed E-state index contributed by atoms with van der Waals surface area (Å²) in [6.45, 7) is 3.99. The highest BCUT2D eigenvalue weighted by molar-refractivity contribution is 5.91. The molecule has 0 aromatic heterocycles. The van der Waals surface area contributed by atoms with Crippen molar-refractivity contribution in [3.05, 3.63) is 23.8 Å². The molecule has 17 heavy (non-hydrogen) atoms. The van der Waals surface area contributed by atoms with Crippen LogP contribution in [0, 0.1) is 12.8 Å². The summed E-state index contributed by atoms with van der Waals surface area (Å²) in [5, 5.41) is 1.35. The summed E-state index contributed by atoms with van der Waals surface area (Å²) < 4.78 is 0. The molecule has 0 atom stereocenters. The van der Waals surface area contributed by atoms with Crippen LogP contribution in [0.1, 0.15) is 25.3 Å². The Bertz CT molecular complexity index is 427. The Balaban J connectivity index is 2.18. The maximum absolute atomic E-state index is 11.6. The lowest BCUT2D eigenvalue weighted by molar-refractivity contribution is -0.124. The van der Waals surface area contributed by atoms with Gasteiger partial charge in [0.2, 0.25) is 5.91 Å². The molecule has 0 aliphatic heterocycles. The average molecular weight is 234 g/mol. The van der Waals surface area contributed by atoms with Gasteiger partial charge in [0.25, 0.3) is 0 Å². The fraction of sp³-hybridized carbons (Fsp3) is 0.462. The monoisotopic (exact) mass is 234 g/mol. The quantitative estimate of drug-likeness (QED) is 0.642. The van der Waals surface area contributed by atoms with Gasteiger partial charge in [0.05, 0.1) is 12.3 Å². The second-order valence-electron chi connectivity index (χ2n) is 4.54. The number of carbonyl (C=O) groups excluding carboxylic acids is 1. The third kappa shape index (κ3) is 2.77. The van der Waals surface area contributed by atoms with Crippen LogP contribution in [-0.4, -0.2) is 12.5 Å². The number of nitrogens with two attached hydrogens (primary N) is 1. The van der Waals surface area contributed by atoms with Gasteiger partial charge in [-0.15, -0.1) is 0 Å². The van der Waals surface area contributed by atoms with E-state index in [0.717, 1.165) is 11.3 Å². The number of amides is 1. The summed E-state index contributed by atoms with van der Waals surface area (Å²) in [6, 6.07) is 5.49. The van der Waals surface area contributed by atoms with Crippen LogP contribution >= 0.6 is 0 Å². The lowest BCUT2D eigenvalue weighted by Crippen LogP contribution is -2.30. The SMILES string of the molecule is CC(=O)N(OCC1CC1)c1cccc(N)c1C. The Kier molecular flexibility index (Phi) is 3.33. The predicted octanol–water partition coefficient (Wildman–Crippen LogP) is 2.27. The lowest BCUT2D eigenvalue weighted by Gasteiger charge is -2.22. The number of nitrogens with zero attached hydrogens (tertiary/aromatic N) is 1. The first kappa shape index (κ1) is 11.9. The zero-order valence-electron chi connectivity index (χ0n) is 10.3. The molecule has 2 rings (SSSR count). The number of hydroxylamine groups is 1. The van der Waals surface area contributed by atoms with E-state index in [9.17, 15) is 4.79 Å². The second-order valence-corrected chi connectivity index (χ2v) is 4.54. The highest BCUT2D eigenvalue weighted by Crippen LogP contribution is 2.31. The van der Waals surface area contributed by atoms with Gasteiger partial charge < -0.3 is 5.73 Å². The molecule has 4 nitrogen and oxygen atoms in total. The molecule has 0 radical (unpaired) electrons. The smallest absolute Gasteiger partial charge is 0.247 e. The minimum atomic E-state index is -0.126. The number of carbonyl (C=O) groups is 1. The van der Waals surface area contributed by atoms with E-state index < -0.39 is 0 Å². The second kappa shape index (κ2) is 4.75. The molecular formula is C13H18N2O2. The Morgan fingerprint density at radius 2 is 2.24 bits per heavy atom. The third-order valence-corrected chi connectivity index (χ3v) is 2.99. The van der Waals surface area contributed by atoms with E-state index >= 15 is 0 Å². The van der Waals surface area contributed by atoms with Gasteiger partial charge >= 0.3 is 0 Å². The highest BCUT2D eigenvalue weighted by Gasteiger charge is 2.24. The largest absolute Gasteiger partial charge is 0.398 e. The van der Waals surface area contributed by atoms with E-state index in [-0.39, 0.29) is 5.91 Å². The van der Waals surface area contributed by atoms with Crippen LogP contribution < -0.4 is 10.8 Å². The van der Waals surface area contributed by atoms with Gasteiger partial charge in [0, 0.05) is 12.6 Å².